The van der Waals surface area contributed by atoms with E-state index in [9.17, 15) is 4.79 Å². The highest BCUT2D eigenvalue weighted by molar-refractivity contribution is 9.10. The molecule has 2 heterocycles. The summed E-state index contributed by atoms with van der Waals surface area (Å²) in [5, 5.41) is 6.16. The van der Waals surface area contributed by atoms with Crippen molar-refractivity contribution in [2.24, 2.45) is 5.92 Å². The van der Waals surface area contributed by atoms with Crippen LogP contribution in [0, 0.1) is 5.92 Å². The lowest BCUT2D eigenvalue weighted by molar-refractivity contribution is -0.116. The van der Waals surface area contributed by atoms with E-state index < -0.39 is 0 Å². The van der Waals surface area contributed by atoms with Crippen LogP contribution < -0.4 is 10.6 Å². The average Bonchev–Trinajstić information content (AvgIpc) is 2.79. The molecule has 1 amide bonds. The zero-order valence-corrected chi connectivity index (χ0v) is 11.2. The second-order valence-electron chi connectivity index (χ2n) is 4.34. The van der Waals surface area contributed by atoms with Crippen LogP contribution in [0.25, 0.3) is 0 Å². The number of nitrogens with zero attached hydrogens (tertiary/aromatic N) is 1. The van der Waals surface area contributed by atoms with Crippen molar-refractivity contribution in [2.75, 3.05) is 18.4 Å². The van der Waals surface area contributed by atoms with Gasteiger partial charge in [-0.3, -0.25) is 9.78 Å². The Labute approximate surface area is 109 Å². The molecule has 5 heteroatoms. The van der Waals surface area contributed by atoms with Gasteiger partial charge in [-0.15, -0.1) is 0 Å². The van der Waals surface area contributed by atoms with Gasteiger partial charge in [-0.2, -0.15) is 0 Å². The number of hydrogen-bond acceptors (Lipinski definition) is 3. The number of amides is 1. The van der Waals surface area contributed by atoms with Gasteiger partial charge in [0.05, 0.1) is 11.9 Å². The average molecular weight is 298 g/mol. The maximum absolute atomic E-state index is 11.7. The number of carbonyl (C=O) groups is 1. The fourth-order valence-corrected chi connectivity index (χ4v) is 2.36. The van der Waals surface area contributed by atoms with E-state index in [0.717, 1.165) is 29.7 Å². The fraction of sp³-hybridized carbons (Fsp3) is 0.500. The van der Waals surface area contributed by atoms with Gasteiger partial charge in [0.1, 0.15) is 0 Å². The SMILES string of the molecule is O=C(CCC1CCNC1)Nc1cncc(Br)c1. The number of pyridine rings is 1. The molecule has 2 rings (SSSR count). The standard InChI is InChI=1S/C12H16BrN3O/c13-10-5-11(8-15-7-10)16-12(17)2-1-9-3-4-14-6-9/h5,7-9,14H,1-4,6H2,(H,16,17). The highest BCUT2D eigenvalue weighted by Crippen LogP contribution is 2.16. The zero-order chi connectivity index (χ0) is 12.1. The minimum absolute atomic E-state index is 0.0665. The lowest BCUT2D eigenvalue weighted by atomic mass is 10.0. The first kappa shape index (κ1) is 12.5. The van der Waals surface area contributed by atoms with Gasteiger partial charge in [-0.05, 0) is 53.8 Å². The third-order valence-electron chi connectivity index (χ3n) is 2.93. The first-order valence-corrected chi connectivity index (χ1v) is 6.64. The molecule has 1 aliphatic heterocycles. The van der Waals surface area contributed by atoms with E-state index in [-0.39, 0.29) is 5.91 Å². The predicted molar refractivity (Wildman–Crippen MR) is 70.8 cm³/mol. The first-order valence-electron chi connectivity index (χ1n) is 5.85. The zero-order valence-electron chi connectivity index (χ0n) is 9.58. The van der Waals surface area contributed by atoms with Gasteiger partial charge in [-0.1, -0.05) is 0 Å². The van der Waals surface area contributed by atoms with Gasteiger partial charge in [0.2, 0.25) is 5.91 Å². The fourth-order valence-electron chi connectivity index (χ4n) is 2.00. The molecule has 1 aromatic rings. The van der Waals surface area contributed by atoms with E-state index in [0.29, 0.717) is 12.3 Å². The van der Waals surface area contributed by atoms with Crippen LogP contribution in [-0.2, 0) is 4.79 Å². The Morgan fingerprint density at radius 1 is 1.59 bits per heavy atom. The molecule has 0 saturated carbocycles. The van der Waals surface area contributed by atoms with Crippen molar-refractivity contribution < 1.29 is 4.79 Å². The van der Waals surface area contributed by atoms with E-state index in [1.54, 1.807) is 12.4 Å². The van der Waals surface area contributed by atoms with E-state index in [2.05, 4.69) is 31.5 Å². The Morgan fingerprint density at radius 2 is 2.47 bits per heavy atom. The summed E-state index contributed by atoms with van der Waals surface area (Å²) in [4.78, 5) is 15.7. The topological polar surface area (TPSA) is 54.0 Å². The molecule has 17 heavy (non-hydrogen) atoms. The molecule has 92 valence electrons. The van der Waals surface area contributed by atoms with Crippen molar-refractivity contribution in [1.29, 1.82) is 0 Å². The van der Waals surface area contributed by atoms with Crippen LogP contribution in [0.3, 0.4) is 0 Å². The minimum atomic E-state index is 0.0665. The number of rotatable bonds is 4. The summed E-state index contributed by atoms with van der Waals surface area (Å²) >= 11 is 3.32. The van der Waals surface area contributed by atoms with Crippen LogP contribution in [0.1, 0.15) is 19.3 Å². The monoisotopic (exact) mass is 297 g/mol. The minimum Gasteiger partial charge on any atom is -0.325 e. The quantitative estimate of drug-likeness (QED) is 0.896. The molecule has 1 saturated heterocycles. The summed E-state index contributed by atoms with van der Waals surface area (Å²) in [6, 6.07) is 1.85. The summed E-state index contributed by atoms with van der Waals surface area (Å²) in [6.45, 7) is 2.13. The molecule has 1 aromatic heterocycles. The van der Waals surface area contributed by atoms with Crippen LogP contribution in [-0.4, -0.2) is 24.0 Å². The second kappa shape index (κ2) is 6.12. The summed E-state index contributed by atoms with van der Waals surface area (Å²) in [7, 11) is 0. The van der Waals surface area contributed by atoms with E-state index >= 15 is 0 Å². The molecule has 0 aromatic carbocycles. The van der Waals surface area contributed by atoms with Crippen molar-refractivity contribution in [3.8, 4) is 0 Å². The van der Waals surface area contributed by atoms with Crippen molar-refractivity contribution in [3.63, 3.8) is 0 Å². The van der Waals surface area contributed by atoms with Gasteiger partial charge >= 0.3 is 0 Å². The summed E-state index contributed by atoms with van der Waals surface area (Å²) in [5.74, 6) is 0.721. The molecule has 2 N–H and O–H groups in total. The molecule has 0 bridgehead atoms. The van der Waals surface area contributed by atoms with Crippen LogP contribution in [0.2, 0.25) is 0 Å². The molecule has 1 unspecified atom stereocenters. The lowest BCUT2D eigenvalue weighted by Crippen LogP contribution is -2.15. The molecule has 0 aliphatic carbocycles. The third kappa shape index (κ3) is 4.09. The third-order valence-corrected chi connectivity index (χ3v) is 3.36. The molecule has 1 fully saturated rings. The molecular weight excluding hydrogens is 282 g/mol. The molecule has 0 spiro atoms. The largest absolute Gasteiger partial charge is 0.325 e. The van der Waals surface area contributed by atoms with Gasteiger partial charge < -0.3 is 10.6 Å². The van der Waals surface area contributed by atoms with Crippen LogP contribution >= 0.6 is 15.9 Å². The van der Waals surface area contributed by atoms with Gasteiger partial charge in [-0.25, -0.2) is 0 Å². The number of nitrogens with one attached hydrogen (secondary N) is 2. The number of anilines is 1. The first-order chi connectivity index (χ1) is 8.24. The van der Waals surface area contributed by atoms with E-state index in [1.807, 2.05) is 6.07 Å². The van der Waals surface area contributed by atoms with Gasteiger partial charge in [0, 0.05) is 17.1 Å². The Balaban J connectivity index is 1.76. The van der Waals surface area contributed by atoms with Crippen molar-refractivity contribution in [2.45, 2.75) is 19.3 Å². The van der Waals surface area contributed by atoms with Gasteiger partial charge in [0.25, 0.3) is 0 Å². The van der Waals surface area contributed by atoms with Gasteiger partial charge in [0.15, 0.2) is 0 Å². The number of halogens is 1. The summed E-state index contributed by atoms with van der Waals surface area (Å²) in [5.41, 5.74) is 0.744. The number of carbonyl (C=O) groups excluding carboxylic acids is 1. The number of hydrogen-bond donors (Lipinski definition) is 2. The molecule has 1 atom stereocenters. The summed E-state index contributed by atoms with van der Waals surface area (Å²) in [6.07, 6.45) is 6.07. The van der Waals surface area contributed by atoms with Crippen LogP contribution in [0.15, 0.2) is 22.9 Å². The maximum atomic E-state index is 11.7. The highest BCUT2D eigenvalue weighted by atomic mass is 79.9. The normalized spacial score (nSPS) is 19.2. The van der Waals surface area contributed by atoms with Crippen molar-refractivity contribution >= 4 is 27.5 Å². The van der Waals surface area contributed by atoms with E-state index in [4.69, 9.17) is 0 Å². The molecule has 0 radical (unpaired) electrons. The lowest BCUT2D eigenvalue weighted by Gasteiger charge is -2.08. The Morgan fingerprint density at radius 3 is 3.18 bits per heavy atom. The van der Waals surface area contributed by atoms with Crippen LogP contribution in [0.4, 0.5) is 5.69 Å². The molecule has 1 aliphatic rings. The van der Waals surface area contributed by atoms with Crippen molar-refractivity contribution in [3.05, 3.63) is 22.9 Å². The smallest absolute Gasteiger partial charge is 0.224 e. The van der Waals surface area contributed by atoms with Crippen LogP contribution in [0.5, 0.6) is 0 Å². The summed E-state index contributed by atoms with van der Waals surface area (Å²) < 4.78 is 0.871. The molecular formula is C12H16BrN3O. The maximum Gasteiger partial charge on any atom is 0.224 e. The Kier molecular flexibility index (Phi) is 4.50. The highest BCUT2D eigenvalue weighted by Gasteiger charge is 2.15. The predicted octanol–water partition coefficient (Wildman–Crippen LogP) is 2.17. The van der Waals surface area contributed by atoms with Crippen molar-refractivity contribution in [1.82, 2.24) is 10.3 Å². The Hall–Kier alpha value is -0.940. The second-order valence-corrected chi connectivity index (χ2v) is 5.25. The molecule has 4 nitrogen and oxygen atoms in total. The van der Waals surface area contributed by atoms with E-state index in [1.165, 1.54) is 6.42 Å². The number of aromatic nitrogens is 1. The Bertz CT molecular complexity index is 391.